The Kier molecular flexibility index (Phi) is 5.35. The summed E-state index contributed by atoms with van der Waals surface area (Å²) in [5.41, 5.74) is 9.27. The third kappa shape index (κ3) is 4.08. The molecule has 1 saturated carbocycles. The van der Waals surface area contributed by atoms with Crippen molar-refractivity contribution in [3.63, 3.8) is 0 Å². The van der Waals surface area contributed by atoms with E-state index in [0.29, 0.717) is 12.1 Å². The molecule has 1 aliphatic carbocycles. The molecule has 0 N–H and O–H groups in total. The average molecular weight is 519 g/mol. The Balaban J connectivity index is 1.49. The number of aromatic nitrogens is 2. The van der Waals surface area contributed by atoms with Crippen LogP contribution in [0.3, 0.4) is 0 Å². The number of fused-ring (bicyclic) bond motifs is 4. The second-order valence-corrected chi connectivity index (χ2v) is 11.1. The lowest BCUT2D eigenvalue weighted by molar-refractivity contribution is 0.00777. The van der Waals surface area contributed by atoms with Gasteiger partial charge in [-0.05, 0) is 79.5 Å². The quantitative estimate of drug-likeness (QED) is 0.234. The van der Waals surface area contributed by atoms with Gasteiger partial charge in [-0.25, -0.2) is 13.8 Å². The van der Waals surface area contributed by atoms with Gasteiger partial charge in [0.2, 0.25) is 11.6 Å². The number of benzene rings is 3. The molecule has 3 heterocycles. The van der Waals surface area contributed by atoms with Crippen LogP contribution in [0.25, 0.3) is 55.2 Å². The Bertz CT molecular complexity index is 1900. The number of pyridine rings is 2. The first-order valence-electron chi connectivity index (χ1n) is 13.4. The van der Waals surface area contributed by atoms with E-state index in [2.05, 4.69) is 73.4 Å². The van der Waals surface area contributed by atoms with Crippen molar-refractivity contribution in [2.24, 2.45) is 0 Å². The van der Waals surface area contributed by atoms with Crippen molar-refractivity contribution < 1.29 is 13.2 Å². The van der Waals surface area contributed by atoms with E-state index in [4.69, 9.17) is 9.40 Å². The van der Waals surface area contributed by atoms with Gasteiger partial charge in [0, 0.05) is 52.0 Å². The maximum absolute atomic E-state index is 14.1. The molecule has 3 aromatic heterocycles. The normalized spacial score (nSPS) is 17.0. The number of nitrogens with zero attached hydrogens (tertiary/aromatic N) is 2. The van der Waals surface area contributed by atoms with Crippen molar-refractivity contribution in [1.29, 1.82) is 0 Å². The molecule has 1 atom stereocenters. The topological polar surface area (TPSA) is 38.9 Å². The van der Waals surface area contributed by atoms with Gasteiger partial charge in [-0.2, -0.15) is 0 Å². The fourth-order valence-electron chi connectivity index (χ4n) is 6.10. The van der Waals surface area contributed by atoms with Gasteiger partial charge in [0.25, 0.3) is 0 Å². The summed E-state index contributed by atoms with van der Waals surface area (Å²) in [5.74, 6) is -2.74. The molecule has 5 heteroatoms. The number of alkyl halides is 2. The lowest BCUT2D eigenvalue weighted by Gasteiger charge is -2.16. The van der Waals surface area contributed by atoms with E-state index in [1.54, 1.807) is 0 Å². The zero-order valence-electron chi connectivity index (χ0n) is 22.2. The van der Waals surface area contributed by atoms with Gasteiger partial charge in [0.15, 0.2) is 0 Å². The smallest absolute Gasteiger partial charge is 0.248 e. The van der Waals surface area contributed by atoms with Crippen molar-refractivity contribution in [3.05, 3.63) is 95.3 Å². The van der Waals surface area contributed by atoms with E-state index in [-0.39, 0.29) is 18.8 Å². The number of aryl methyl sites for hydroxylation is 3. The zero-order valence-corrected chi connectivity index (χ0v) is 22.2. The number of hydrogen-bond acceptors (Lipinski definition) is 3. The standard InChI is InChI=1S/C34H28F2N2O/c1-19-4-7-22(8-5-19)30-18-37-31(25-11-9-23(16-27(25)30)24-12-13-34(35,36)17-24)29-15-20(2)14-28-26-10-6-21(3)38-33(26)39-32(28)29/h4-11,14-16,18,24H,12-13,17H2,1-3H3. The van der Waals surface area contributed by atoms with Crippen LogP contribution in [0.5, 0.6) is 0 Å². The van der Waals surface area contributed by atoms with E-state index in [1.165, 1.54) is 5.56 Å². The third-order valence-corrected chi connectivity index (χ3v) is 8.13. The molecular weight excluding hydrogens is 490 g/mol. The minimum absolute atomic E-state index is 0.0526. The molecule has 0 radical (unpaired) electrons. The van der Waals surface area contributed by atoms with Crippen LogP contribution >= 0.6 is 0 Å². The Hall–Kier alpha value is -4.12. The van der Waals surface area contributed by atoms with Crippen LogP contribution in [0.1, 0.15) is 47.6 Å². The fourth-order valence-corrected chi connectivity index (χ4v) is 6.10. The van der Waals surface area contributed by atoms with E-state index >= 15 is 0 Å². The molecule has 39 heavy (non-hydrogen) atoms. The van der Waals surface area contributed by atoms with Crippen molar-refractivity contribution in [1.82, 2.24) is 9.97 Å². The van der Waals surface area contributed by atoms with Gasteiger partial charge >= 0.3 is 0 Å². The summed E-state index contributed by atoms with van der Waals surface area (Å²) in [6, 6.07) is 22.8. The molecule has 0 saturated heterocycles. The van der Waals surface area contributed by atoms with Gasteiger partial charge in [0.05, 0.1) is 5.69 Å². The third-order valence-electron chi connectivity index (χ3n) is 8.13. The number of furan rings is 1. The Morgan fingerprint density at radius 2 is 1.59 bits per heavy atom. The molecular formula is C34H28F2N2O. The highest BCUT2D eigenvalue weighted by molar-refractivity contribution is 6.12. The highest BCUT2D eigenvalue weighted by Crippen LogP contribution is 2.46. The van der Waals surface area contributed by atoms with Crippen molar-refractivity contribution >= 4 is 32.8 Å². The number of rotatable bonds is 3. The van der Waals surface area contributed by atoms with Crippen LogP contribution in [-0.2, 0) is 0 Å². The SMILES string of the molecule is Cc1ccc(-c2cnc(-c3cc(C)cc4c3oc3nc(C)ccc34)c3ccc(C4CCC(F)(F)C4)cc23)cc1. The van der Waals surface area contributed by atoms with Gasteiger partial charge in [-0.3, -0.25) is 4.98 Å². The summed E-state index contributed by atoms with van der Waals surface area (Å²) < 4.78 is 34.6. The first-order chi connectivity index (χ1) is 18.8. The van der Waals surface area contributed by atoms with Crippen molar-refractivity contribution in [2.75, 3.05) is 0 Å². The maximum atomic E-state index is 14.1. The van der Waals surface area contributed by atoms with Gasteiger partial charge in [-0.1, -0.05) is 48.0 Å². The zero-order chi connectivity index (χ0) is 26.9. The largest absolute Gasteiger partial charge is 0.437 e. The molecule has 0 spiro atoms. The minimum atomic E-state index is -2.59. The fraction of sp³-hybridized carbons (Fsp3) is 0.235. The minimum Gasteiger partial charge on any atom is -0.437 e. The highest BCUT2D eigenvalue weighted by Gasteiger charge is 2.40. The predicted molar refractivity (Wildman–Crippen MR) is 153 cm³/mol. The lowest BCUT2D eigenvalue weighted by atomic mass is 9.90. The Morgan fingerprint density at radius 3 is 2.36 bits per heavy atom. The molecule has 194 valence electrons. The van der Waals surface area contributed by atoms with Crippen LogP contribution in [0.15, 0.2) is 77.3 Å². The monoisotopic (exact) mass is 518 g/mol. The molecule has 6 aromatic rings. The molecule has 7 rings (SSSR count). The van der Waals surface area contributed by atoms with Crippen LogP contribution in [-0.4, -0.2) is 15.9 Å². The van der Waals surface area contributed by atoms with Gasteiger partial charge in [0.1, 0.15) is 5.58 Å². The number of hydrogen-bond donors (Lipinski definition) is 0. The lowest BCUT2D eigenvalue weighted by Crippen LogP contribution is -2.09. The summed E-state index contributed by atoms with van der Waals surface area (Å²) in [6.45, 7) is 6.09. The molecule has 0 aliphatic heterocycles. The summed E-state index contributed by atoms with van der Waals surface area (Å²) in [4.78, 5) is 9.62. The van der Waals surface area contributed by atoms with Crippen LogP contribution in [0.2, 0.25) is 0 Å². The first kappa shape index (κ1) is 24.0. The summed E-state index contributed by atoms with van der Waals surface area (Å²) in [7, 11) is 0. The summed E-state index contributed by atoms with van der Waals surface area (Å²) in [5, 5.41) is 3.97. The van der Waals surface area contributed by atoms with E-state index in [9.17, 15) is 8.78 Å². The molecule has 3 nitrogen and oxygen atoms in total. The predicted octanol–water partition coefficient (Wildman–Crippen LogP) is 9.69. The first-order valence-corrected chi connectivity index (χ1v) is 13.4. The van der Waals surface area contributed by atoms with Crippen LogP contribution < -0.4 is 0 Å². The van der Waals surface area contributed by atoms with Crippen molar-refractivity contribution in [3.8, 4) is 22.4 Å². The van der Waals surface area contributed by atoms with Gasteiger partial charge in [-0.15, -0.1) is 0 Å². The average Bonchev–Trinajstić information content (AvgIpc) is 3.46. The second kappa shape index (κ2) is 8.70. The Labute approximate surface area is 225 Å². The summed E-state index contributed by atoms with van der Waals surface area (Å²) >= 11 is 0. The highest BCUT2D eigenvalue weighted by atomic mass is 19.3. The second-order valence-electron chi connectivity index (χ2n) is 11.1. The van der Waals surface area contributed by atoms with Crippen LogP contribution in [0.4, 0.5) is 8.78 Å². The number of halogens is 2. The van der Waals surface area contributed by atoms with E-state index in [1.807, 2.05) is 25.3 Å². The summed E-state index contributed by atoms with van der Waals surface area (Å²) in [6.07, 6.45) is 2.26. The molecule has 1 fully saturated rings. The molecule has 0 bridgehead atoms. The Morgan fingerprint density at radius 1 is 0.795 bits per heavy atom. The molecule has 1 aliphatic rings. The van der Waals surface area contributed by atoms with E-state index < -0.39 is 5.92 Å². The maximum Gasteiger partial charge on any atom is 0.248 e. The van der Waals surface area contributed by atoms with Gasteiger partial charge < -0.3 is 4.42 Å². The van der Waals surface area contributed by atoms with Crippen molar-refractivity contribution in [2.45, 2.75) is 51.9 Å². The molecule has 0 amide bonds. The van der Waals surface area contributed by atoms with Crippen LogP contribution in [0, 0.1) is 20.8 Å². The molecule has 1 unspecified atom stereocenters. The molecule has 3 aromatic carbocycles. The van der Waals surface area contributed by atoms with E-state index in [0.717, 1.165) is 66.3 Å².